The molecule has 0 saturated carbocycles. The van der Waals surface area contributed by atoms with Crippen molar-refractivity contribution >= 4 is 22.6 Å². The third kappa shape index (κ3) is 2.84. The molecule has 3 rings (SSSR count). The lowest BCUT2D eigenvalue weighted by atomic mass is 9.98. The molecule has 0 fully saturated rings. The second-order valence-electron chi connectivity index (χ2n) is 6.26. The number of rotatable bonds is 5. The van der Waals surface area contributed by atoms with Crippen LogP contribution in [0.5, 0.6) is 0 Å². The number of hydrogen-bond donors (Lipinski definition) is 1. The Balaban J connectivity index is 2.29. The summed E-state index contributed by atoms with van der Waals surface area (Å²) in [6.07, 6.45) is 1.64. The van der Waals surface area contributed by atoms with E-state index < -0.39 is 11.7 Å². The zero-order valence-electron chi connectivity index (χ0n) is 14.8. The lowest BCUT2D eigenvalue weighted by molar-refractivity contribution is -0.124. The first-order chi connectivity index (χ1) is 12.0. The molecule has 0 saturated heterocycles. The van der Waals surface area contributed by atoms with Crippen LogP contribution in [0.15, 0.2) is 28.8 Å². The minimum absolute atomic E-state index is 0.373. The van der Waals surface area contributed by atoms with E-state index in [-0.39, 0.29) is 0 Å². The number of ketones is 1. The molecule has 6 heteroatoms. The minimum atomic E-state index is -0.558. The Morgan fingerprint density at radius 3 is 2.64 bits per heavy atom. The maximum Gasteiger partial charge on any atom is 0.294 e. The summed E-state index contributed by atoms with van der Waals surface area (Å²) in [5.41, 5.74) is 3.34. The van der Waals surface area contributed by atoms with Gasteiger partial charge in [-0.15, -0.1) is 0 Å². The number of hydrogen-bond acceptors (Lipinski definition) is 4. The average molecular weight is 339 g/mol. The Morgan fingerprint density at radius 1 is 1.24 bits per heavy atom. The number of fused-ring (bicyclic) bond motifs is 1. The molecule has 3 aromatic rings. The van der Waals surface area contributed by atoms with Gasteiger partial charge in [0.1, 0.15) is 5.76 Å². The molecule has 0 spiro atoms. The number of amides is 1. The first-order valence-corrected chi connectivity index (χ1v) is 8.27. The Bertz CT molecular complexity index is 950. The molecule has 0 unspecified atom stereocenters. The maximum atomic E-state index is 12.9. The van der Waals surface area contributed by atoms with Crippen molar-refractivity contribution in [3.63, 3.8) is 0 Å². The van der Waals surface area contributed by atoms with Crippen LogP contribution in [0.2, 0.25) is 0 Å². The standard InChI is InChI=1S/C19H21N3O3/c1-5-8-14-15(11(2)25-21-14)17-16(18(23)19(24)22(3)4)12-9-6-7-10-13(12)20-17/h6-7,9-10,20H,5,8H2,1-4H3. The number of benzene rings is 1. The van der Waals surface area contributed by atoms with Gasteiger partial charge in [0, 0.05) is 25.0 Å². The molecule has 6 nitrogen and oxygen atoms in total. The number of carbonyl (C=O) groups excluding carboxylic acids is 2. The fraction of sp³-hybridized carbons (Fsp3) is 0.316. The van der Waals surface area contributed by atoms with Crippen LogP contribution in [0, 0.1) is 6.92 Å². The molecule has 0 bridgehead atoms. The third-order valence-electron chi connectivity index (χ3n) is 4.20. The summed E-state index contributed by atoms with van der Waals surface area (Å²) in [6.45, 7) is 3.87. The molecule has 0 radical (unpaired) electrons. The van der Waals surface area contributed by atoms with Gasteiger partial charge in [0.2, 0.25) is 0 Å². The second kappa shape index (κ2) is 6.55. The van der Waals surface area contributed by atoms with Gasteiger partial charge in [-0.25, -0.2) is 0 Å². The minimum Gasteiger partial charge on any atom is -0.361 e. The Morgan fingerprint density at radius 2 is 1.96 bits per heavy atom. The van der Waals surface area contributed by atoms with Crippen LogP contribution in [0.4, 0.5) is 0 Å². The first-order valence-electron chi connectivity index (χ1n) is 8.27. The fourth-order valence-corrected chi connectivity index (χ4v) is 3.02. The highest BCUT2D eigenvalue weighted by Crippen LogP contribution is 2.35. The van der Waals surface area contributed by atoms with Crippen molar-refractivity contribution in [3.05, 3.63) is 41.3 Å². The van der Waals surface area contributed by atoms with Crippen LogP contribution in [0.3, 0.4) is 0 Å². The number of Topliss-reactive ketones (excluding diaryl/α,β-unsaturated/α-hetero) is 1. The van der Waals surface area contributed by atoms with E-state index >= 15 is 0 Å². The van der Waals surface area contributed by atoms with E-state index in [4.69, 9.17) is 4.52 Å². The van der Waals surface area contributed by atoms with Gasteiger partial charge in [0.05, 0.1) is 22.5 Å². The van der Waals surface area contributed by atoms with Crippen molar-refractivity contribution in [2.75, 3.05) is 14.1 Å². The monoisotopic (exact) mass is 339 g/mol. The van der Waals surface area contributed by atoms with E-state index in [0.29, 0.717) is 17.0 Å². The summed E-state index contributed by atoms with van der Waals surface area (Å²) in [4.78, 5) is 29.8. The number of nitrogens with one attached hydrogen (secondary N) is 1. The predicted octanol–water partition coefficient (Wildman–Crippen LogP) is 3.35. The smallest absolute Gasteiger partial charge is 0.294 e. The molecule has 1 aromatic carbocycles. The highest BCUT2D eigenvalue weighted by Gasteiger charge is 2.29. The van der Waals surface area contributed by atoms with Gasteiger partial charge in [-0.1, -0.05) is 36.7 Å². The van der Waals surface area contributed by atoms with Gasteiger partial charge < -0.3 is 14.4 Å². The number of aromatic amines is 1. The van der Waals surface area contributed by atoms with E-state index in [0.717, 1.165) is 35.0 Å². The van der Waals surface area contributed by atoms with Crippen LogP contribution in [0.25, 0.3) is 22.2 Å². The predicted molar refractivity (Wildman–Crippen MR) is 95.6 cm³/mol. The first kappa shape index (κ1) is 17.0. The summed E-state index contributed by atoms with van der Waals surface area (Å²) >= 11 is 0. The van der Waals surface area contributed by atoms with Crippen molar-refractivity contribution in [2.24, 2.45) is 0 Å². The van der Waals surface area contributed by atoms with E-state index in [9.17, 15) is 9.59 Å². The summed E-state index contributed by atoms with van der Waals surface area (Å²) in [5.74, 6) is -0.473. The summed E-state index contributed by atoms with van der Waals surface area (Å²) < 4.78 is 5.36. The molecule has 1 amide bonds. The summed E-state index contributed by atoms with van der Waals surface area (Å²) in [5, 5.41) is 4.85. The number of aromatic nitrogens is 2. The van der Waals surface area contributed by atoms with Gasteiger partial charge in [0.25, 0.3) is 11.7 Å². The van der Waals surface area contributed by atoms with Crippen molar-refractivity contribution in [1.82, 2.24) is 15.0 Å². The molecule has 0 aliphatic rings. The lowest BCUT2D eigenvalue weighted by Crippen LogP contribution is -2.30. The molecule has 0 atom stereocenters. The Hall–Kier alpha value is -2.89. The number of aryl methyl sites for hydroxylation is 2. The van der Waals surface area contributed by atoms with E-state index in [1.807, 2.05) is 31.2 Å². The molecule has 2 aromatic heterocycles. The van der Waals surface area contributed by atoms with E-state index in [1.165, 1.54) is 4.90 Å². The average Bonchev–Trinajstić information content (AvgIpc) is 3.13. The molecule has 130 valence electrons. The Kier molecular flexibility index (Phi) is 4.44. The second-order valence-corrected chi connectivity index (χ2v) is 6.26. The molecular formula is C19H21N3O3. The molecule has 1 N–H and O–H groups in total. The zero-order valence-corrected chi connectivity index (χ0v) is 14.8. The number of carbonyl (C=O) groups is 2. The van der Waals surface area contributed by atoms with Crippen LogP contribution in [-0.4, -0.2) is 40.8 Å². The summed E-state index contributed by atoms with van der Waals surface area (Å²) in [6, 6.07) is 7.47. The fourth-order valence-electron chi connectivity index (χ4n) is 3.02. The van der Waals surface area contributed by atoms with Crippen molar-refractivity contribution in [1.29, 1.82) is 0 Å². The SMILES string of the molecule is CCCc1noc(C)c1-c1[nH]c2ccccc2c1C(=O)C(=O)N(C)C. The number of likely N-dealkylation sites (N-methyl/N-ethyl adjacent to an activating group) is 1. The Labute approximate surface area is 145 Å². The summed E-state index contributed by atoms with van der Waals surface area (Å²) in [7, 11) is 3.14. The van der Waals surface area contributed by atoms with Crippen LogP contribution in [-0.2, 0) is 11.2 Å². The molecular weight excluding hydrogens is 318 g/mol. The lowest BCUT2D eigenvalue weighted by Gasteiger charge is -2.10. The van der Waals surface area contributed by atoms with E-state index in [1.54, 1.807) is 14.1 Å². The molecule has 2 heterocycles. The van der Waals surface area contributed by atoms with Crippen molar-refractivity contribution in [3.8, 4) is 11.3 Å². The highest BCUT2D eigenvalue weighted by atomic mass is 16.5. The van der Waals surface area contributed by atoms with E-state index in [2.05, 4.69) is 17.1 Å². The molecule has 0 aliphatic carbocycles. The van der Waals surface area contributed by atoms with Crippen LogP contribution >= 0.6 is 0 Å². The third-order valence-corrected chi connectivity index (χ3v) is 4.20. The van der Waals surface area contributed by atoms with Gasteiger partial charge in [-0.3, -0.25) is 9.59 Å². The van der Waals surface area contributed by atoms with Crippen LogP contribution < -0.4 is 0 Å². The normalized spacial score (nSPS) is 11.0. The zero-order chi connectivity index (χ0) is 18.1. The number of H-pyrrole nitrogens is 1. The van der Waals surface area contributed by atoms with Crippen LogP contribution in [0.1, 0.15) is 35.2 Å². The topological polar surface area (TPSA) is 79.2 Å². The van der Waals surface area contributed by atoms with Gasteiger partial charge in [-0.2, -0.15) is 0 Å². The van der Waals surface area contributed by atoms with Crippen molar-refractivity contribution < 1.29 is 14.1 Å². The van der Waals surface area contributed by atoms with Gasteiger partial charge >= 0.3 is 0 Å². The highest BCUT2D eigenvalue weighted by molar-refractivity contribution is 6.46. The maximum absolute atomic E-state index is 12.9. The largest absolute Gasteiger partial charge is 0.361 e. The molecule has 25 heavy (non-hydrogen) atoms. The number of nitrogens with zero attached hydrogens (tertiary/aromatic N) is 2. The van der Waals surface area contributed by atoms with Gasteiger partial charge in [0.15, 0.2) is 0 Å². The quantitative estimate of drug-likeness (QED) is 0.571. The molecule has 0 aliphatic heterocycles. The van der Waals surface area contributed by atoms with Gasteiger partial charge in [-0.05, 0) is 19.4 Å². The van der Waals surface area contributed by atoms with Crippen molar-refractivity contribution in [2.45, 2.75) is 26.7 Å². The number of para-hydroxylation sites is 1.